The lowest BCUT2D eigenvalue weighted by molar-refractivity contribution is 0.0696. The van der Waals surface area contributed by atoms with Crippen LogP contribution in [-0.4, -0.2) is 25.6 Å². The lowest BCUT2D eigenvalue weighted by Crippen LogP contribution is -2.09. The predicted molar refractivity (Wildman–Crippen MR) is 77.8 cm³/mol. The van der Waals surface area contributed by atoms with Crippen LogP contribution in [0.4, 0.5) is 0 Å². The zero-order chi connectivity index (χ0) is 14.4. The van der Waals surface area contributed by atoms with E-state index in [0.29, 0.717) is 5.82 Å². The maximum atomic E-state index is 11.6. The molecule has 0 bridgehead atoms. The molecule has 0 saturated heterocycles. The second-order valence-electron chi connectivity index (χ2n) is 5.23. The zero-order valence-electron chi connectivity index (χ0n) is 11.3. The lowest BCUT2D eigenvalue weighted by Gasteiger charge is -2.10. The third kappa shape index (κ3) is 1.81. The highest BCUT2D eigenvalue weighted by Gasteiger charge is 2.21. The highest BCUT2D eigenvalue weighted by molar-refractivity contribution is 5.92. The minimum atomic E-state index is -0.954. The molecule has 5 heteroatoms. The SMILES string of the molecule is O=C(O)c1cc2c(nc1-n1cnc3ccccc31)CCC2. The number of carboxylic acid groups (broad SMARTS) is 1. The van der Waals surface area contributed by atoms with Crippen molar-refractivity contribution in [2.45, 2.75) is 19.3 Å². The number of hydrogen-bond acceptors (Lipinski definition) is 3. The van der Waals surface area contributed by atoms with E-state index in [9.17, 15) is 9.90 Å². The van der Waals surface area contributed by atoms with Crippen molar-refractivity contribution < 1.29 is 9.90 Å². The molecule has 0 unspecified atom stereocenters. The van der Waals surface area contributed by atoms with Gasteiger partial charge in [0.15, 0.2) is 5.82 Å². The minimum Gasteiger partial charge on any atom is -0.478 e. The molecule has 0 atom stereocenters. The summed E-state index contributed by atoms with van der Waals surface area (Å²) in [5.41, 5.74) is 3.99. The van der Waals surface area contributed by atoms with Gasteiger partial charge in [-0.1, -0.05) is 12.1 Å². The van der Waals surface area contributed by atoms with Crippen molar-refractivity contribution in [3.8, 4) is 5.82 Å². The summed E-state index contributed by atoms with van der Waals surface area (Å²) in [5.74, 6) is -0.498. The minimum absolute atomic E-state index is 0.235. The molecule has 2 aromatic heterocycles. The first-order chi connectivity index (χ1) is 10.2. The van der Waals surface area contributed by atoms with Gasteiger partial charge in [0.25, 0.3) is 0 Å². The molecule has 4 rings (SSSR count). The monoisotopic (exact) mass is 279 g/mol. The van der Waals surface area contributed by atoms with Gasteiger partial charge in [-0.2, -0.15) is 0 Å². The van der Waals surface area contributed by atoms with Gasteiger partial charge in [-0.3, -0.25) is 4.57 Å². The van der Waals surface area contributed by atoms with E-state index in [-0.39, 0.29) is 5.56 Å². The van der Waals surface area contributed by atoms with E-state index in [1.165, 1.54) is 0 Å². The van der Waals surface area contributed by atoms with Crippen LogP contribution in [0.15, 0.2) is 36.7 Å². The number of benzene rings is 1. The molecule has 21 heavy (non-hydrogen) atoms. The Bertz CT molecular complexity index is 867. The molecule has 3 aromatic rings. The quantitative estimate of drug-likeness (QED) is 0.783. The van der Waals surface area contributed by atoms with Crippen LogP contribution in [0.5, 0.6) is 0 Å². The number of aryl methyl sites for hydroxylation is 2. The standard InChI is InChI=1S/C16H13N3O2/c20-16(21)11-8-10-4-3-6-12(10)18-15(11)19-9-17-13-5-1-2-7-14(13)19/h1-2,5,7-9H,3-4,6H2,(H,20,21). The summed E-state index contributed by atoms with van der Waals surface area (Å²) in [6.45, 7) is 0. The van der Waals surface area contributed by atoms with Crippen LogP contribution in [0.1, 0.15) is 28.0 Å². The molecule has 0 fully saturated rings. The van der Waals surface area contributed by atoms with E-state index in [1.54, 1.807) is 17.0 Å². The van der Waals surface area contributed by atoms with Crippen LogP contribution in [0.2, 0.25) is 0 Å². The fourth-order valence-corrected chi connectivity index (χ4v) is 2.93. The Morgan fingerprint density at radius 3 is 2.95 bits per heavy atom. The van der Waals surface area contributed by atoms with Gasteiger partial charge in [0.05, 0.1) is 11.0 Å². The molecule has 0 amide bonds. The second-order valence-corrected chi connectivity index (χ2v) is 5.23. The Hall–Kier alpha value is -2.69. The summed E-state index contributed by atoms with van der Waals surface area (Å²) in [4.78, 5) is 20.5. The molecule has 1 aromatic carbocycles. The summed E-state index contributed by atoms with van der Waals surface area (Å²) in [5, 5.41) is 9.49. The van der Waals surface area contributed by atoms with Gasteiger partial charge in [-0.05, 0) is 43.0 Å². The predicted octanol–water partition coefficient (Wildman–Crippen LogP) is 2.61. The molecule has 5 nitrogen and oxygen atoms in total. The van der Waals surface area contributed by atoms with Gasteiger partial charge in [-0.15, -0.1) is 0 Å². The molecule has 1 aliphatic carbocycles. The summed E-state index contributed by atoms with van der Waals surface area (Å²) in [7, 11) is 0. The molecule has 0 saturated carbocycles. The Balaban J connectivity index is 2.01. The van der Waals surface area contributed by atoms with Crippen molar-refractivity contribution >= 4 is 17.0 Å². The van der Waals surface area contributed by atoms with Crippen LogP contribution < -0.4 is 0 Å². The highest BCUT2D eigenvalue weighted by atomic mass is 16.4. The Morgan fingerprint density at radius 2 is 2.10 bits per heavy atom. The number of aromatic carboxylic acids is 1. The third-order valence-corrected chi connectivity index (χ3v) is 3.94. The molecule has 104 valence electrons. The lowest BCUT2D eigenvalue weighted by atomic mass is 10.1. The number of carboxylic acids is 1. The number of fused-ring (bicyclic) bond motifs is 2. The smallest absolute Gasteiger partial charge is 0.339 e. The van der Waals surface area contributed by atoms with Crippen LogP contribution in [0.3, 0.4) is 0 Å². The second kappa shape index (κ2) is 4.41. The maximum absolute atomic E-state index is 11.6. The number of para-hydroxylation sites is 2. The van der Waals surface area contributed by atoms with Crippen molar-refractivity contribution in [2.24, 2.45) is 0 Å². The summed E-state index contributed by atoms with van der Waals surface area (Å²) >= 11 is 0. The fourth-order valence-electron chi connectivity index (χ4n) is 2.93. The van der Waals surface area contributed by atoms with Gasteiger partial charge in [0, 0.05) is 5.69 Å². The summed E-state index contributed by atoms with van der Waals surface area (Å²) in [6.07, 6.45) is 4.50. The van der Waals surface area contributed by atoms with Crippen molar-refractivity contribution in [1.82, 2.24) is 14.5 Å². The molecule has 1 N–H and O–H groups in total. The van der Waals surface area contributed by atoms with E-state index in [1.807, 2.05) is 24.3 Å². The van der Waals surface area contributed by atoms with E-state index in [0.717, 1.165) is 41.6 Å². The first-order valence-corrected chi connectivity index (χ1v) is 6.92. The number of nitrogens with zero attached hydrogens (tertiary/aromatic N) is 3. The Labute approximate surface area is 120 Å². The van der Waals surface area contributed by atoms with Crippen molar-refractivity contribution in [3.05, 3.63) is 53.5 Å². The summed E-state index contributed by atoms with van der Waals surface area (Å²) < 4.78 is 1.76. The van der Waals surface area contributed by atoms with E-state index in [2.05, 4.69) is 9.97 Å². The number of rotatable bonds is 2. The Morgan fingerprint density at radius 1 is 1.24 bits per heavy atom. The van der Waals surface area contributed by atoms with E-state index >= 15 is 0 Å². The third-order valence-electron chi connectivity index (χ3n) is 3.94. The molecule has 0 radical (unpaired) electrons. The van der Waals surface area contributed by atoms with Crippen LogP contribution >= 0.6 is 0 Å². The first-order valence-electron chi connectivity index (χ1n) is 6.92. The average molecular weight is 279 g/mol. The van der Waals surface area contributed by atoms with Crippen molar-refractivity contribution in [1.29, 1.82) is 0 Å². The van der Waals surface area contributed by atoms with Crippen molar-refractivity contribution in [3.63, 3.8) is 0 Å². The fraction of sp³-hybridized carbons (Fsp3) is 0.188. The molecular weight excluding hydrogens is 266 g/mol. The van der Waals surface area contributed by atoms with E-state index < -0.39 is 5.97 Å². The largest absolute Gasteiger partial charge is 0.478 e. The first kappa shape index (κ1) is 12.1. The van der Waals surface area contributed by atoms with E-state index in [4.69, 9.17) is 0 Å². The van der Waals surface area contributed by atoms with Gasteiger partial charge in [0.1, 0.15) is 11.9 Å². The Kier molecular flexibility index (Phi) is 2.54. The average Bonchev–Trinajstić information content (AvgIpc) is 3.11. The van der Waals surface area contributed by atoms with Gasteiger partial charge in [-0.25, -0.2) is 14.8 Å². The van der Waals surface area contributed by atoms with Crippen molar-refractivity contribution in [2.75, 3.05) is 0 Å². The molecular formula is C16H13N3O2. The van der Waals surface area contributed by atoms with Gasteiger partial charge < -0.3 is 5.11 Å². The number of pyridine rings is 1. The van der Waals surface area contributed by atoms with Crippen LogP contribution in [0, 0.1) is 0 Å². The zero-order valence-corrected chi connectivity index (χ0v) is 11.3. The number of aromatic nitrogens is 3. The van der Waals surface area contributed by atoms with Crippen LogP contribution in [-0.2, 0) is 12.8 Å². The van der Waals surface area contributed by atoms with Crippen LogP contribution in [0.25, 0.3) is 16.9 Å². The van der Waals surface area contributed by atoms with Gasteiger partial charge in [0.2, 0.25) is 0 Å². The normalized spacial score (nSPS) is 13.5. The maximum Gasteiger partial charge on any atom is 0.339 e. The topological polar surface area (TPSA) is 68.0 Å². The molecule has 0 spiro atoms. The highest BCUT2D eigenvalue weighted by Crippen LogP contribution is 2.26. The number of imidazole rings is 1. The molecule has 2 heterocycles. The number of carbonyl (C=O) groups is 1. The molecule has 0 aliphatic heterocycles. The summed E-state index contributed by atoms with van der Waals surface area (Å²) in [6, 6.07) is 9.41. The number of hydrogen-bond donors (Lipinski definition) is 1. The molecule has 1 aliphatic rings. The van der Waals surface area contributed by atoms with Gasteiger partial charge >= 0.3 is 5.97 Å².